The van der Waals surface area contributed by atoms with E-state index in [1.165, 1.54) is 10.9 Å². The van der Waals surface area contributed by atoms with E-state index in [9.17, 15) is 4.79 Å². The number of rotatable bonds is 4. The number of carbonyl (C=O) groups excluding carboxylic acids is 1. The van der Waals surface area contributed by atoms with Crippen molar-refractivity contribution >= 4 is 27.7 Å². The molecular weight excluding hydrogens is 400 g/mol. The predicted molar refractivity (Wildman–Crippen MR) is 125 cm³/mol. The summed E-state index contributed by atoms with van der Waals surface area (Å²) in [7, 11) is 3.55. The van der Waals surface area contributed by atoms with Gasteiger partial charge in [-0.05, 0) is 29.8 Å². The number of carbonyl (C=O) groups is 1. The molecule has 1 amide bonds. The van der Waals surface area contributed by atoms with Crippen LogP contribution in [-0.4, -0.2) is 59.5 Å². The molecule has 6 heteroatoms. The lowest BCUT2D eigenvalue weighted by Crippen LogP contribution is -2.38. The smallest absolute Gasteiger partial charge is 0.254 e. The molecule has 4 aromatic rings. The second-order valence-corrected chi connectivity index (χ2v) is 8.39. The molecule has 162 valence electrons. The maximum atomic E-state index is 12.9. The molecule has 32 heavy (non-hydrogen) atoms. The predicted octanol–water partition coefficient (Wildman–Crippen LogP) is 4.06. The van der Waals surface area contributed by atoms with E-state index in [0.29, 0.717) is 12.2 Å². The summed E-state index contributed by atoms with van der Waals surface area (Å²) < 4.78 is 6.12. The van der Waals surface area contributed by atoms with Crippen LogP contribution in [0.5, 0.6) is 0 Å². The molecule has 0 N–H and O–H groups in total. The molecule has 6 nitrogen and oxygen atoms in total. The van der Waals surface area contributed by atoms with Crippen LogP contribution in [0.15, 0.2) is 66.9 Å². The Morgan fingerprint density at radius 1 is 1.06 bits per heavy atom. The van der Waals surface area contributed by atoms with Crippen molar-refractivity contribution in [2.45, 2.75) is 12.6 Å². The van der Waals surface area contributed by atoms with Gasteiger partial charge in [-0.25, -0.2) is 4.98 Å². The van der Waals surface area contributed by atoms with Crippen molar-refractivity contribution in [2.24, 2.45) is 0 Å². The van der Waals surface area contributed by atoms with E-state index in [1.54, 1.807) is 19.0 Å². The number of pyridine rings is 2. The van der Waals surface area contributed by atoms with Gasteiger partial charge < -0.3 is 9.64 Å². The van der Waals surface area contributed by atoms with Crippen LogP contribution < -0.4 is 0 Å². The minimum absolute atomic E-state index is 0.0271. The summed E-state index contributed by atoms with van der Waals surface area (Å²) in [5.41, 5.74) is 4.55. The molecule has 1 aliphatic rings. The number of para-hydroxylation sites is 2. The minimum Gasteiger partial charge on any atom is -0.369 e. The van der Waals surface area contributed by atoms with E-state index in [2.05, 4.69) is 28.1 Å². The Morgan fingerprint density at radius 2 is 1.81 bits per heavy atom. The Balaban J connectivity index is 1.45. The monoisotopic (exact) mass is 426 g/mol. The zero-order valence-corrected chi connectivity index (χ0v) is 18.4. The fourth-order valence-electron chi connectivity index (χ4n) is 4.34. The molecule has 5 rings (SSSR count). The van der Waals surface area contributed by atoms with Crippen molar-refractivity contribution in [3.8, 4) is 0 Å². The number of aromatic nitrogens is 2. The molecule has 0 bridgehead atoms. The highest BCUT2D eigenvalue weighted by Gasteiger charge is 2.26. The number of amides is 1. The Morgan fingerprint density at radius 3 is 2.62 bits per heavy atom. The van der Waals surface area contributed by atoms with Crippen LogP contribution in [0.25, 0.3) is 21.8 Å². The van der Waals surface area contributed by atoms with Crippen molar-refractivity contribution in [2.75, 3.05) is 33.8 Å². The summed E-state index contributed by atoms with van der Waals surface area (Å²) in [6, 6.07) is 20.0. The van der Waals surface area contributed by atoms with Gasteiger partial charge in [0.1, 0.15) is 6.10 Å². The first-order chi connectivity index (χ1) is 15.6. The van der Waals surface area contributed by atoms with E-state index >= 15 is 0 Å². The molecule has 1 atom stereocenters. The first-order valence-electron chi connectivity index (χ1n) is 10.9. The summed E-state index contributed by atoms with van der Waals surface area (Å²) >= 11 is 0. The lowest BCUT2D eigenvalue weighted by Gasteiger charge is -2.33. The fraction of sp³-hybridized carbons (Fsp3) is 0.269. The summed E-state index contributed by atoms with van der Waals surface area (Å²) in [6.07, 6.45) is 1.69. The summed E-state index contributed by atoms with van der Waals surface area (Å²) in [5.74, 6) is -0.0271. The van der Waals surface area contributed by atoms with Gasteiger partial charge in [0.25, 0.3) is 5.91 Å². The number of hydrogen-bond donors (Lipinski definition) is 0. The number of morpholine rings is 1. The lowest BCUT2D eigenvalue weighted by molar-refractivity contribution is -0.0347. The molecule has 0 spiro atoms. The van der Waals surface area contributed by atoms with E-state index in [-0.39, 0.29) is 12.0 Å². The average Bonchev–Trinajstić information content (AvgIpc) is 2.83. The molecule has 2 aromatic carbocycles. The van der Waals surface area contributed by atoms with Crippen LogP contribution in [0, 0.1) is 0 Å². The van der Waals surface area contributed by atoms with Gasteiger partial charge in [0.05, 0.1) is 28.9 Å². The SMILES string of the molecule is CN(C)C(=O)c1cc([C@H]2CN(Cc3ccnc4ccccc34)CCO2)nc2ccccc12. The second-order valence-electron chi connectivity index (χ2n) is 8.39. The Bertz CT molecular complexity index is 1280. The van der Waals surface area contributed by atoms with Crippen LogP contribution in [-0.2, 0) is 11.3 Å². The molecule has 3 heterocycles. The molecule has 0 aliphatic carbocycles. The van der Waals surface area contributed by atoms with Gasteiger partial charge in [0.2, 0.25) is 0 Å². The number of fused-ring (bicyclic) bond motifs is 2. The van der Waals surface area contributed by atoms with Gasteiger partial charge in [-0.15, -0.1) is 0 Å². The Kier molecular flexibility index (Phi) is 5.55. The highest BCUT2D eigenvalue weighted by molar-refractivity contribution is 6.06. The fourth-order valence-corrected chi connectivity index (χ4v) is 4.34. The van der Waals surface area contributed by atoms with E-state index in [4.69, 9.17) is 9.72 Å². The van der Waals surface area contributed by atoms with Gasteiger partial charge in [0, 0.05) is 50.7 Å². The normalized spacial score (nSPS) is 17.0. The highest BCUT2D eigenvalue weighted by atomic mass is 16.5. The summed E-state index contributed by atoms with van der Waals surface area (Å²) in [5, 5.41) is 2.05. The van der Waals surface area contributed by atoms with Crippen molar-refractivity contribution in [3.63, 3.8) is 0 Å². The van der Waals surface area contributed by atoms with Gasteiger partial charge in [-0.1, -0.05) is 36.4 Å². The van der Waals surface area contributed by atoms with E-state index in [1.807, 2.05) is 48.7 Å². The molecule has 2 aromatic heterocycles. The lowest BCUT2D eigenvalue weighted by atomic mass is 10.0. The van der Waals surface area contributed by atoms with Crippen molar-refractivity contribution in [3.05, 3.63) is 83.7 Å². The number of ether oxygens (including phenoxy) is 1. The summed E-state index contributed by atoms with van der Waals surface area (Å²) in [6.45, 7) is 3.01. The third-order valence-electron chi connectivity index (χ3n) is 5.99. The topological polar surface area (TPSA) is 58.6 Å². The van der Waals surface area contributed by atoms with Gasteiger partial charge >= 0.3 is 0 Å². The molecule has 1 saturated heterocycles. The van der Waals surface area contributed by atoms with Crippen LogP contribution >= 0.6 is 0 Å². The third kappa shape index (κ3) is 3.95. The number of nitrogens with zero attached hydrogens (tertiary/aromatic N) is 4. The standard InChI is InChI=1S/C26H26N4O2/c1-29(2)26(31)21-15-24(28-23-10-6-4-8-20(21)23)25-17-30(13-14-32-25)16-18-11-12-27-22-9-5-3-7-19(18)22/h3-12,15,25H,13-14,16-17H2,1-2H3/t25-/m1/s1. The van der Waals surface area contributed by atoms with Crippen LogP contribution in [0.3, 0.4) is 0 Å². The molecular formula is C26H26N4O2. The number of hydrogen-bond acceptors (Lipinski definition) is 5. The molecule has 0 radical (unpaired) electrons. The zero-order valence-electron chi connectivity index (χ0n) is 18.4. The maximum Gasteiger partial charge on any atom is 0.254 e. The largest absolute Gasteiger partial charge is 0.369 e. The third-order valence-corrected chi connectivity index (χ3v) is 5.99. The first kappa shape index (κ1) is 20.5. The van der Waals surface area contributed by atoms with Gasteiger partial charge in [-0.3, -0.25) is 14.7 Å². The minimum atomic E-state index is -0.185. The van der Waals surface area contributed by atoms with Crippen molar-refractivity contribution in [1.29, 1.82) is 0 Å². The van der Waals surface area contributed by atoms with Crippen LogP contribution in [0.4, 0.5) is 0 Å². The van der Waals surface area contributed by atoms with Crippen LogP contribution in [0.2, 0.25) is 0 Å². The highest BCUT2D eigenvalue weighted by Crippen LogP contribution is 2.28. The van der Waals surface area contributed by atoms with Gasteiger partial charge in [0.15, 0.2) is 0 Å². The van der Waals surface area contributed by atoms with Crippen molar-refractivity contribution in [1.82, 2.24) is 19.8 Å². The Labute approximate surface area is 187 Å². The zero-order chi connectivity index (χ0) is 22.1. The molecule has 1 aliphatic heterocycles. The maximum absolute atomic E-state index is 12.9. The quantitative estimate of drug-likeness (QED) is 0.493. The van der Waals surface area contributed by atoms with Gasteiger partial charge in [-0.2, -0.15) is 0 Å². The Hall–Kier alpha value is -3.35. The first-order valence-corrected chi connectivity index (χ1v) is 10.9. The summed E-state index contributed by atoms with van der Waals surface area (Å²) in [4.78, 5) is 26.2. The molecule has 0 saturated carbocycles. The molecule has 1 fully saturated rings. The number of benzene rings is 2. The average molecular weight is 427 g/mol. The van der Waals surface area contributed by atoms with E-state index in [0.717, 1.165) is 41.7 Å². The van der Waals surface area contributed by atoms with Crippen molar-refractivity contribution < 1.29 is 9.53 Å². The second kappa shape index (κ2) is 8.65. The van der Waals surface area contributed by atoms with Crippen LogP contribution in [0.1, 0.15) is 27.7 Å². The molecule has 0 unspecified atom stereocenters. The van der Waals surface area contributed by atoms with E-state index < -0.39 is 0 Å².